The molecule has 0 spiro atoms. The highest BCUT2D eigenvalue weighted by molar-refractivity contribution is 6.01. The fourth-order valence-electron chi connectivity index (χ4n) is 1.64. The Morgan fingerprint density at radius 1 is 1.53 bits per heavy atom. The van der Waals surface area contributed by atoms with Crippen molar-refractivity contribution in [1.82, 2.24) is 10.4 Å². The average Bonchev–Trinajstić information content (AvgIpc) is 2.57. The minimum absolute atomic E-state index is 0. The number of hydrogen-bond acceptors (Lipinski definition) is 3. The van der Waals surface area contributed by atoms with Crippen LogP contribution in [0.3, 0.4) is 0 Å². The fourth-order valence-corrected chi connectivity index (χ4v) is 1.64. The number of carbonyl (C=O) groups excluding carboxylic acids is 1. The lowest BCUT2D eigenvalue weighted by Gasteiger charge is -2.17. The fraction of sp³-hybridized carbons (Fsp3) is 0.182. The highest BCUT2D eigenvalue weighted by Gasteiger charge is 2.24. The molecule has 0 atom stereocenters. The molecule has 88 valence electrons. The van der Waals surface area contributed by atoms with Gasteiger partial charge in [-0.1, -0.05) is 24.3 Å². The van der Waals surface area contributed by atoms with Crippen LogP contribution in [0.4, 0.5) is 0 Å². The zero-order valence-corrected chi connectivity index (χ0v) is 10.5. The van der Waals surface area contributed by atoms with Crippen molar-refractivity contribution in [3.05, 3.63) is 35.4 Å². The zero-order chi connectivity index (χ0) is 11.5. The number of rotatable bonds is 2. The van der Waals surface area contributed by atoms with Crippen LogP contribution in [0.25, 0.3) is 0 Å². The van der Waals surface area contributed by atoms with Crippen molar-refractivity contribution in [2.24, 2.45) is 0 Å². The standard InChI is InChI=1S/C11H10N4O.BrH/c12-6-5-10(16)14-15-7-8-3-1-2-4-9(8)11(15)13;/h1-4,13H,5,7H2,(H,14,16);1H/p-1. The summed E-state index contributed by atoms with van der Waals surface area (Å²) in [5, 5.41) is 17.7. The Morgan fingerprint density at radius 2 is 2.24 bits per heavy atom. The van der Waals surface area contributed by atoms with E-state index in [1.165, 1.54) is 5.01 Å². The van der Waals surface area contributed by atoms with Crippen LogP contribution in [0.15, 0.2) is 24.3 Å². The zero-order valence-electron chi connectivity index (χ0n) is 8.90. The number of hydrogen-bond donors (Lipinski definition) is 2. The third-order valence-electron chi connectivity index (χ3n) is 2.37. The number of nitrogens with zero attached hydrogens (tertiary/aromatic N) is 2. The summed E-state index contributed by atoms with van der Waals surface area (Å²) < 4.78 is 0. The maximum absolute atomic E-state index is 11.2. The molecule has 1 amide bonds. The quantitative estimate of drug-likeness (QED) is 0.648. The molecule has 0 aromatic heterocycles. The van der Waals surface area contributed by atoms with E-state index in [1.54, 1.807) is 6.07 Å². The van der Waals surface area contributed by atoms with Gasteiger partial charge in [0.05, 0.1) is 12.6 Å². The lowest BCUT2D eigenvalue weighted by atomic mass is 10.1. The summed E-state index contributed by atoms with van der Waals surface area (Å²) in [5.41, 5.74) is 4.35. The molecule has 0 fully saturated rings. The summed E-state index contributed by atoms with van der Waals surface area (Å²) in [6.07, 6.45) is -0.194. The molecule has 1 aliphatic heterocycles. The van der Waals surface area contributed by atoms with Crippen LogP contribution in [-0.2, 0) is 11.3 Å². The molecule has 0 saturated carbocycles. The smallest absolute Gasteiger partial charge is 0.252 e. The van der Waals surface area contributed by atoms with Crippen LogP contribution in [0.5, 0.6) is 0 Å². The second-order valence-electron chi connectivity index (χ2n) is 3.46. The third-order valence-corrected chi connectivity index (χ3v) is 2.37. The third kappa shape index (κ3) is 2.63. The number of nitriles is 1. The van der Waals surface area contributed by atoms with Crippen molar-refractivity contribution >= 4 is 11.7 Å². The van der Waals surface area contributed by atoms with Gasteiger partial charge in [-0.05, 0) is 5.56 Å². The number of fused-ring (bicyclic) bond motifs is 1. The predicted molar refractivity (Wildman–Crippen MR) is 57.2 cm³/mol. The van der Waals surface area contributed by atoms with E-state index in [-0.39, 0.29) is 35.1 Å². The van der Waals surface area contributed by atoms with E-state index in [0.29, 0.717) is 6.54 Å². The molecule has 1 heterocycles. The number of amidine groups is 1. The number of amides is 1. The molecule has 17 heavy (non-hydrogen) atoms. The lowest BCUT2D eigenvalue weighted by Crippen LogP contribution is -3.00. The highest BCUT2D eigenvalue weighted by atomic mass is 79.9. The Bertz CT molecular complexity index is 494. The van der Waals surface area contributed by atoms with Gasteiger partial charge >= 0.3 is 0 Å². The van der Waals surface area contributed by atoms with E-state index in [2.05, 4.69) is 5.43 Å². The van der Waals surface area contributed by atoms with Crippen molar-refractivity contribution in [2.45, 2.75) is 13.0 Å². The first-order valence-electron chi connectivity index (χ1n) is 4.83. The monoisotopic (exact) mass is 293 g/mol. The van der Waals surface area contributed by atoms with Crippen LogP contribution >= 0.6 is 0 Å². The van der Waals surface area contributed by atoms with Gasteiger partial charge in [-0.15, -0.1) is 0 Å². The highest BCUT2D eigenvalue weighted by Crippen LogP contribution is 2.20. The molecule has 0 saturated heterocycles. The molecule has 2 rings (SSSR count). The van der Waals surface area contributed by atoms with Gasteiger partial charge in [-0.3, -0.25) is 20.6 Å². The topological polar surface area (TPSA) is 80.0 Å². The Hall–Kier alpha value is -1.87. The van der Waals surface area contributed by atoms with Crippen molar-refractivity contribution in [3.63, 3.8) is 0 Å². The lowest BCUT2D eigenvalue weighted by molar-refractivity contribution is -0.123. The molecule has 1 aliphatic rings. The second kappa shape index (κ2) is 5.46. The summed E-state index contributed by atoms with van der Waals surface area (Å²) in [7, 11) is 0. The van der Waals surface area contributed by atoms with E-state index < -0.39 is 0 Å². The van der Waals surface area contributed by atoms with Crippen LogP contribution in [0, 0.1) is 16.7 Å². The maximum atomic E-state index is 11.2. The van der Waals surface area contributed by atoms with E-state index in [9.17, 15) is 4.79 Å². The second-order valence-corrected chi connectivity index (χ2v) is 3.46. The average molecular weight is 294 g/mol. The summed E-state index contributed by atoms with van der Waals surface area (Å²) in [4.78, 5) is 11.2. The molecule has 1 aromatic rings. The first-order chi connectivity index (χ1) is 7.72. The van der Waals surface area contributed by atoms with Gasteiger partial charge in [-0.2, -0.15) is 5.26 Å². The SMILES string of the molecule is N#CCC(=O)NN1Cc2ccccc2C1=N.[Br-]. The van der Waals surface area contributed by atoms with Gasteiger partial charge in [0.1, 0.15) is 12.3 Å². The summed E-state index contributed by atoms with van der Waals surface area (Å²) >= 11 is 0. The van der Waals surface area contributed by atoms with Crippen LogP contribution < -0.4 is 22.4 Å². The molecule has 0 bridgehead atoms. The Labute approximate surface area is 109 Å². The van der Waals surface area contributed by atoms with Crippen LogP contribution in [-0.4, -0.2) is 16.8 Å². The maximum Gasteiger partial charge on any atom is 0.252 e. The van der Waals surface area contributed by atoms with Gasteiger partial charge in [0, 0.05) is 5.56 Å². The van der Waals surface area contributed by atoms with Crippen molar-refractivity contribution in [2.75, 3.05) is 0 Å². The van der Waals surface area contributed by atoms with Crippen molar-refractivity contribution < 1.29 is 21.8 Å². The number of nitrogens with one attached hydrogen (secondary N) is 2. The Kier molecular flexibility index (Phi) is 4.24. The minimum Gasteiger partial charge on any atom is -1.00 e. The predicted octanol–water partition coefficient (Wildman–Crippen LogP) is -2.22. The first-order valence-corrected chi connectivity index (χ1v) is 4.83. The molecule has 5 nitrogen and oxygen atoms in total. The summed E-state index contributed by atoms with van der Waals surface area (Å²) in [6, 6.07) is 9.28. The molecule has 0 aliphatic carbocycles. The number of carbonyl (C=O) groups is 1. The van der Waals surface area contributed by atoms with E-state index in [0.717, 1.165) is 11.1 Å². The Balaban J connectivity index is 0.00000144. The largest absolute Gasteiger partial charge is 1.00 e. The summed E-state index contributed by atoms with van der Waals surface area (Å²) in [6.45, 7) is 0.478. The molecule has 1 aromatic carbocycles. The van der Waals surface area contributed by atoms with Gasteiger partial charge in [0.25, 0.3) is 5.91 Å². The van der Waals surface area contributed by atoms with E-state index >= 15 is 0 Å². The molecule has 0 radical (unpaired) electrons. The Morgan fingerprint density at radius 3 is 2.88 bits per heavy atom. The molecular weight excluding hydrogens is 284 g/mol. The number of benzene rings is 1. The van der Waals surface area contributed by atoms with Gasteiger partial charge in [0.2, 0.25) is 0 Å². The number of halogens is 1. The molecule has 6 heteroatoms. The molecule has 0 unspecified atom stereocenters. The van der Waals surface area contributed by atoms with E-state index in [1.807, 2.05) is 24.3 Å². The molecular formula is C11H10BrN4O-. The number of hydrazine groups is 1. The normalized spacial score (nSPS) is 12.4. The summed E-state index contributed by atoms with van der Waals surface area (Å²) in [5.74, 6) is -0.123. The molecule has 2 N–H and O–H groups in total. The van der Waals surface area contributed by atoms with Gasteiger partial charge in [-0.25, -0.2) is 0 Å². The van der Waals surface area contributed by atoms with Gasteiger partial charge < -0.3 is 17.0 Å². The van der Waals surface area contributed by atoms with Crippen molar-refractivity contribution in [3.8, 4) is 6.07 Å². The minimum atomic E-state index is -0.389. The van der Waals surface area contributed by atoms with Crippen LogP contribution in [0.1, 0.15) is 17.5 Å². The van der Waals surface area contributed by atoms with Crippen LogP contribution in [0.2, 0.25) is 0 Å². The van der Waals surface area contributed by atoms with E-state index in [4.69, 9.17) is 10.7 Å². The van der Waals surface area contributed by atoms with Gasteiger partial charge in [0.15, 0.2) is 0 Å². The van der Waals surface area contributed by atoms with Crippen molar-refractivity contribution in [1.29, 1.82) is 10.7 Å². The first kappa shape index (κ1) is 13.2.